The van der Waals surface area contributed by atoms with Crippen LogP contribution in [0.25, 0.3) is 0 Å². The standard InChI is InChI=1S/C21H20F3N3O4/c1-12-14(4-6-17(26-12)21(22,23)24)18(28)27-8-7-20(27,2)19(29)25-10-13-3-5-15-16(9-13)31-11-30-15/h3-6,9H,7-8,10-11H2,1-2H3,(H,25,29). The van der Waals surface area contributed by atoms with E-state index in [4.69, 9.17) is 9.47 Å². The summed E-state index contributed by atoms with van der Waals surface area (Å²) in [4.78, 5) is 30.6. The molecule has 31 heavy (non-hydrogen) atoms. The van der Waals surface area contributed by atoms with E-state index in [0.29, 0.717) is 24.5 Å². The van der Waals surface area contributed by atoms with Crippen molar-refractivity contribution in [3.8, 4) is 11.5 Å². The number of benzene rings is 1. The molecule has 1 unspecified atom stereocenters. The van der Waals surface area contributed by atoms with E-state index in [1.54, 1.807) is 25.1 Å². The highest BCUT2D eigenvalue weighted by Gasteiger charge is 2.49. The van der Waals surface area contributed by atoms with Crippen molar-refractivity contribution in [2.75, 3.05) is 13.3 Å². The number of amides is 2. The molecule has 0 aliphatic carbocycles. The maximum absolute atomic E-state index is 12.9. The van der Waals surface area contributed by atoms with Gasteiger partial charge >= 0.3 is 6.18 Å². The number of hydrogen-bond donors (Lipinski definition) is 1. The molecule has 164 valence electrons. The molecule has 0 spiro atoms. The number of nitrogens with zero attached hydrogens (tertiary/aromatic N) is 2. The Kier molecular flexibility index (Phi) is 5.03. The van der Waals surface area contributed by atoms with E-state index in [0.717, 1.165) is 17.7 Å². The molecule has 1 atom stereocenters. The van der Waals surface area contributed by atoms with Gasteiger partial charge in [-0.3, -0.25) is 9.59 Å². The zero-order valence-electron chi connectivity index (χ0n) is 16.9. The fraction of sp³-hybridized carbons (Fsp3) is 0.381. The number of likely N-dealkylation sites (tertiary alicyclic amines) is 1. The van der Waals surface area contributed by atoms with Crippen molar-refractivity contribution in [1.82, 2.24) is 15.2 Å². The van der Waals surface area contributed by atoms with E-state index >= 15 is 0 Å². The second kappa shape index (κ2) is 7.44. The summed E-state index contributed by atoms with van der Waals surface area (Å²) in [5, 5.41) is 2.82. The minimum Gasteiger partial charge on any atom is -0.454 e. The minimum atomic E-state index is -4.59. The molecule has 2 aliphatic rings. The topological polar surface area (TPSA) is 80.8 Å². The summed E-state index contributed by atoms with van der Waals surface area (Å²) >= 11 is 0. The van der Waals surface area contributed by atoms with Gasteiger partial charge in [-0.25, -0.2) is 4.98 Å². The molecule has 1 aromatic carbocycles. The van der Waals surface area contributed by atoms with Gasteiger partial charge in [0, 0.05) is 13.1 Å². The summed E-state index contributed by atoms with van der Waals surface area (Å²) in [6.45, 7) is 3.69. The molecule has 1 saturated heterocycles. The number of nitrogens with one attached hydrogen (secondary N) is 1. The Hall–Kier alpha value is -3.30. The lowest BCUT2D eigenvalue weighted by Crippen LogP contribution is -2.67. The minimum absolute atomic E-state index is 0.0326. The molecule has 4 rings (SSSR count). The third-order valence-corrected chi connectivity index (χ3v) is 5.65. The molecule has 3 heterocycles. The Morgan fingerprint density at radius 3 is 2.58 bits per heavy atom. The van der Waals surface area contributed by atoms with Crippen LogP contribution >= 0.6 is 0 Å². The molecular formula is C21H20F3N3O4. The van der Waals surface area contributed by atoms with Crippen LogP contribution in [-0.2, 0) is 17.5 Å². The van der Waals surface area contributed by atoms with Crippen molar-refractivity contribution in [2.45, 2.75) is 38.5 Å². The normalized spacial score (nSPS) is 19.7. The van der Waals surface area contributed by atoms with Gasteiger partial charge in [0.25, 0.3) is 5.91 Å². The van der Waals surface area contributed by atoms with Crippen LogP contribution in [0, 0.1) is 6.92 Å². The van der Waals surface area contributed by atoms with Crippen molar-refractivity contribution in [2.24, 2.45) is 0 Å². The number of alkyl halides is 3. The van der Waals surface area contributed by atoms with Crippen molar-refractivity contribution < 1.29 is 32.2 Å². The number of aryl methyl sites for hydroxylation is 1. The van der Waals surface area contributed by atoms with Gasteiger partial charge in [0.2, 0.25) is 12.7 Å². The molecule has 1 N–H and O–H groups in total. The summed E-state index contributed by atoms with van der Waals surface area (Å²) in [7, 11) is 0. The van der Waals surface area contributed by atoms with E-state index in [1.165, 1.54) is 11.8 Å². The fourth-order valence-corrected chi connectivity index (χ4v) is 3.63. The van der Waals surface area contributed by atoms with Crippen LogP contribution in [0.4, 0.5) is 13.2 Å². The largest absolute Gasteiger partial charge is 0.454 e. The number of hydrogen-bond acceptors (Lipinski definition) is 5. The number of carbonyl (C=O) groups excluding carboxylic acids is 2. The van der Waals surface area contributed by atoms with E-state index in [-0.39, 0.29) is 30.5 Å². The van der Waals surface area contributed by atoms with Gasteiger partial charge in [0.15, 0.2) is 11.5 Å². The monoisotopic (exact) mass is 435 g/mol. The zero-order valence-corrected chi connectivity index (χ0v) is 16.9. The highest BCUT2D eigenvalue weighted by molar-refractivity contribution is 6.01. The number of pyridine rings is 1. The van der Waals surface area contributed by atoms with Gasteiger partial charge in [0.05, 0.1) is 11.3 Å². The summed E-state index contributed by atoms with van der Waals surface area (Å²) < 4.78 is 49.1. The lowest BCUT2D eigenvalue weighted by Gasteiger charge is -2.49. The van der Waals surface area contributed by atoms with Crippen LogP contribution in [0.15, 0.2) is 30.3 Å². The van der Waals surface area contributed by atoms with Crippen LogP contribution < -0.4 is 14.8 Å². The molecule has 0 radical (unpaired) electrons. The molecule has 2 aliphatic heterocycles. The average Bonchev–Trinajstić information content (AvgIpc) is 3.17. The lowest BCUT2D eigenvalue weighted by atomic mass is 9.84. The molecule has 0 saturated carbocycles. The van der Waals surface area contributed by atoms with Crippen LogP contribution in [0.5, 0.6) is 11.5 Å². The van der Waals surface area contributed by atoms with Crippen molar-refractivity contribution in [3.05, 3.63) is 52.8 Å². The maximum atomic E-state index is 12.9. The van der Waals surface area contributed by atoms with E-state index in [1.807, 2.05) is 0 Å². The predicted molar refractivity (Wildman–Crippen MR) is 102 cm³/mol. The molecule has 2 amide bonds. The summed E-state index contributed by atoms with van der Waals surface area (Å²) in [5.74, 6) is 0.370. The first kappa shape index (κ1) is 21.0. The van der Waals surface area contributed by atoms with E-state index in [9.17, 15) is 22.8 Å². The van der Waals surface area contributed by atoms with Gasteiger partial charge in [0.1, 0.15) is 11.2 Å². The highest BCUT2D eigenvalue weighted by Crippen LogP contribution is 2.35. The average molecular weight is 435 g/mol. The lowest BCUT2D eigenvalue weighted by molar-refractivity contribution is -0.141. The third-order valence-electron chi connectivity index (χ3n) is 5.65. The van der Waals surface area contributed by atoms with Gasteiger partial charge in [-0.15, -0.1) is 0 Å². The molecule has 1 fully saturated rings. The van der Waals surface area contributed by atoms with Gasteiger partial charge in [-0.05, 0) is 50.1 Å². The zero-order chi connectivity index (χ0) is 22.4. The molecule has 1 aromatic heterocycles. The molecule has 2 aromatic rings. The third kappa shape index (κ3) is 3.77. The maximum Gasteiger partial charge on any atom is 0.433 e. The first-order valence-electron chi connectivity index (χ1n) is 9.63. The van der Waals surface area contributed by atoms with Gasteiger partial charge in [-0.2, -0.15) is 13.2 Å². The Bertz CT molecular complexity index is 1060. The summed E-state index contributed by atoms with van der Waals surface area (Å²) in [6, 6.07) is 7.21. The quantitative estimate of drug-likeness (QED) is 0.799. The van der Waals surface area contributed by atoms with Crippen molar-refractivity contribution in [3.63, 3.8) is 0 Å². The first-order chi connectivity index (χ1) is 14.6. The second-order valence-electron chi connectivity index (χ2n) is 7.68. The van der Waals surface area contributed by atoms with Crippen LogP contribution in [-0.4, -0.2) is 40.6 Å². The highest BCUT2D eigenvalue weighted by atomic mass is 19.4. The van der Waals surface area contributed by atoms with Gasteiger partial charge < -0.3 is 19.7 Å². The van der Waals surface area contributed by atoms with Gasteiger partial charge in [-0.1, -0.05) is 6.07 Å². The van der Waals surface area contributed by atoms with E-state index < -0.39 is 23.3 Å². The number of aromatic nitrogens is 1. The molecule has 0 bridgehead atoms. The fourth-order valence-electron chi connectivity index (χ4n) is 3.63. The number of ether oxygens (including phenoxy) is 2. The molecular weight excluding hydrogens is 415 g/mol. The molecule has 7 nitrogen and oxygen atoms in total. The number of carbonyl (C=O) groups is 2. The second-order valence-corrected chi connectivity index (χ2v) is 7.68. The van der Waals surface area contributed by atoms with Crippen molar-refractivity contribution in [1.29, 1.82) is 0 Å². The van der Waals surface area contributed by atoms with Crippen LogP contribution in [0.3, 0.4) is 0 Å². The predicted octanol–water partition coefficient (Wildman–Crippen LogP) is 3.06. The number of halogens is 3. The van der Waals surface area contributed by atoms with E-state index in [2.05, 4.69) is 10.3 Å². The summed E-state index contributed by atoms with van der Waals surface area (Å²) in [5.41, 5.74) is -1.34. The Labute approximate surface area is 176 Å². The summed E-state index contributed by atoms with van der Waals surface area (Å²) in [6.07, 6.45) is -4.15. The van der Waals surface area contributed by atoms with Crippen molar-refractivity contribution >= 4 is 11.8 Å². The Morgan fingerprint density at radius 2 is 1.94 bits per heavy atom. The SMILES string of the molecule is Cc1nc(C(F)(F)F)ccc1C(=O)N1CCC1(C)C(=O)NCc1ccc2c(c1)OCO2. The number of fused-ring (bicyclic) bond motifs is 1. The first-order valence-corrected chi connectivity index (χ1v) is 9.63. The van der Waals surface area contributed by atoms with Crippen LogP contribution in [0.2, 0.25) is 0 Å². The Balaban J connectivity index is 1.44. The Morgan fingerprint density at radius 1 is 1.19 bits per heavy atom. The smallest absolute Gasteiger partial charge is 0.433 e. The number of rotatable bonds is 4. The molecule has 10 heteroatoms. The van der Waals surface area contributed by atoms with Crippen LogP contribution in [0.1, 0.15) is 40.7 Å².